The first-order valence-electron chi connectivity index (χ1n) is 9.19. The van der Waals surface area contributed by atoms with E-state index < -0.39 is 7.12 Å². The van der Waals surface area contributed by atoms with Crippen molar-refractivity contribution in [3.63, 3.8) is 0 Å². The number of hydrogen-bond donors (Lipinski definition) is 4. The second-order valence-electron chi connectivity index (χ2n) is 6.34. The number of allylic oxidation sites excluding steroid dienone is 4. The second-order valence-corrected chi connectivity index (χ2v) is 6.34. The van der Waals surface area contributed by atoms with Gasteiger partial charge in [-0.3, -0.25) is 9.59 Å². The molecule has 1 aromatic heterocycles. The van der Waals surface area contributed by atoms with Gasteiger partial charge in [-0.1, -0.05) is 18.7 Å². The summed E-state index contributed by atoms with van der Waals surface area (Å²) < 4.78 is 1.85. The molecule has 0 fully saturated rings. The summed E-state index contributed by atoms with van der Waals surface area (Å²) in [4.78, 5) is 23.5. The Morgan fingerprint density at radius 3 is 2.25 bits per heavy atom. The third kappa shape index (κ3) is 7.50. The van der Waals surface area contributed by atoms with Crippen molar-refractivity contribution in [2.75, 3.05) is 13.1 Å². The lowest BCUT2D eigenvalue weighted by Crippen LogP contribution is -2.36. The molecule has 0 saturated heterocycles. The summed E-state index contributed by atoms with van der Waals surface area (Å²) in [6, 6.07) is 3.41. The minimum Gasteiger partial charge on any atom is -0.423 e. The Labute approximate surface area is 166 Å². The Morgan fingerprint density at radius 1 is 1.14 bits per heavy atom. The van der Waals surface area contributed by atoms with E-state index in [1.807, 2.05) is 17.6 Å². The summed E-state index contributed by atoms with van der Waals surface area (Å²) >= 11 is 0. The van der Waals surface area contributed by atoms with E-state index in [0.717, 1.165) is 5.57 Å². The van der Waals surface area contributed by atoms with Crippen LogP contribution in [0.15, 0.2) is 59.9 Å². The molecule has 1 aromatic rings. The Balaban J connectivity index is 2.54. The van der Waals surface area contributed by atoms with Crippen LogP contribution in [0.2, 0.25) is 0 Å². The fraction of sp³-hybridized carbons (Fsp3) is 0.350. The van der Waals surface area contributed by atoms with Gasteiger partial charge in [0.15, 0.2) is 18.9 Å². The Morgan fingerprint density at radius 2 is 1.75 bits per heavy atom. The Bertz CT molecular complexity index is 755. The normalized spacial score (nSPS) is 11.8. The molecule has 0 aliphatic carbocycles. The maximum atomic E-state index is 12.2. The van der Waals surface area contributed by atoms with Crippen LogP contribution in [0, 0.1) is 0 Å². The lowest BCUT2D eigenvalue weighted by atomic mass is 9.74. The van der Waals surface area contributed by atoms with Gasteiger partial charge in [0.2, 0.25) is 5.91 Å². The third-order valence-corrected chi connectivity index (χ3v) is 4.13. The minimum atomic E-state index is -1.53. The van der Waals surface area contributed by atoms with Gasteiger partial charge in [0, 0.05) is 36.4 Å². The molecule has 1 rings (SSSR count). The maximum Gasteiger partial charge on any atom is 0.488 e. The molecule has 0 unspecified atom stereocenters. The number of nitrogens with one attached hydrogen (secondary N) is 2. The largest absolute Gasteiger partial charge is 0.488 e. The van der Waals surface area contributed by atoms with Crippen molar-refractivity contribution in [3.05, 3.63) is 65.4 Å². The molecule has 1 heterocycles. The lowest BCUT2D eigenvalue weighted by molar-refractivity contribution is -0.688. The van der Waals surface area contributed by atoms with Crippen LogP contribution in [0.4, 0.5) is 0 Å². The van der Waals surface area contributed by atoms with E-state index in [4.69, 9.17) is 0 Å². The first-order valence-corrected chi connectivity index (χ1v) is 9.19. The first kappa shape index (κ1) is 23.3. The Kier molecular flexibility index (Phi) is 9.91. The van der Waals surface area contributed by atoms with Crippen LogP contribution in [0.3, 0.4) is 0 Å². The number of hydrogen-bond acceptors (Lipinski definition) is 4. The van der Waals surface area contributed by atoms with E-state index in [9.17, 15) is 19.6 Å². The topological polar surface area (TPSA) is 103 Å². The molecule has 4 N–H and O–H groups in total. The SMILES string of the molecule is C=C(C)C(=O)NCCCNC(=O)c1cc[n+](CC(=C/C)/C(=C\C)B(O)O)cc1. The van der Waals surface area contributed by atoms with Crippen LogP contribution in [0.5, 0.6) is 0 Å². The van der Waals surface area contributed by atoms with Gasteiger partial charge in [0.05, 0.1) is 5.56 Å². The quantitative estimate of drug-likeness (QED) is 0.156. The van der Waals surface area contributed by atoms with Crippen LogP contribution in [0.1, 0.15) is 37.6 Å². The molecule has 0 aliphatic heterocycles. The van der Waals surface area contributed by atoms with Crippen molar-refractivity contribution in [1.29, 1.82) is 0 Å². The highest BCUT2D eigenvalue weighted by Gasteiger charge is 2.20. The first-order chi connectivity index (χ1) is 13.3. The number of pyridine rings is 1. The molecule has 28 heavy (non-hydrogen) atoms. The van der Waals surface area contributed by atoms with Crippen molar-refractivity contribution < 1.29 is 24.2 Å². The van der Waals surface area contributed by atoms with E-state index in [1.165, 1.54) is 0 Å². The van der Waals surface area contributed by atoms with Crippen molar-refractivity contribution in [1.82, 2.24) is 10.6 Å². The smallest absolute Gasteiger partial charge is 0.423 e. The van der Waals surface area contributed by atoms with Crippen LogP contribution in [0.25, 0.3) is 0 Å². The zero-order chi connectivity index (χ0) is 21.1. The molecular formula is C20H29BN3O4+. The summed E-state index contributed by atoms with van der Waals surface area (Å²) in [5.74, 6) is -0.376. The van der Waals surface area contributed by atoms with Crippen molar-refractivity contribution in [2.24, 2.45) is 0 Å². The number of aromatic nitrogens is 1. The third-order valence-electron chi connectivity index (χ3n) is 4.13. The van der Waals surface area contributed by atoms with E-state index in [2.05, 4.69) is 17.2 Å². The number of nitrogens with zero attached hydrogens (tertiary/aromatic N) is 1. The fourth-order valence-corrected chi connectivity index (χ4v) is 2.51. The minimum absolute atomic E-state index is 0.186. The highest BCUT2D eigenvalue weighted by molar-refractivity contribution is 6.52. The maximum absolute atomic E-state index is 12.2. The highest BCUT2D eigenvalue weighted by atomic mass is 16.4. The molecule has 0 atom stereocenters. The molecule has 0 bridgehead atoms. The van der Waals surface area contributed by atoms with Crippen molar-refractivity contribution >= 4 is 18.9 Å². The predicted molar refractivity (Wildman–Crippen MR) is 109 cm³/mol. The van der Waals surface area contributed by atoms with Gasteiger partial charge in [0.25, 0.3) is 5.91 Å². The number of amides is 2. The average molecular weight is 386 g/mol. The van der Waals surface area contributed by atoms with Crippen molar-refractivity contribution in [3.8, 4) is 0 Å². The predicted octanol–water partition coefficient (Wildman–Crippen LogP) is 0.691. The molecule has 8 heteroatoms. The second kappa shape index (κ2) is 11.9. The van der Waals surface area contributed by atoms with Crippen LogP contribution in [-0.2, 0) is 11.3 Å². The van der Waals surface area contributed by atoms with Gasteiger partial charge in [-0.15, -0.1) is 0 Å². The van der Waals surface area contributed by atoms with Gasteiger partial charge in [-0.25, -0.2) is 4.57 Å². The van der Waals surface area contributed by atoms with E-state index in [-0.39, 0.29) is 11.8 Å². The monoisotopic (exact) mass is 386 g/mol. The lowest BCUT2D eigenvalue weighted by Gasteiger charge is -2.09. The fourth-order valence-electron chi connectivity index (χ4n) is 2.51. The molecule has 150 valence electrons. The molecular weight excluding hydrogens is 357 g/mol. The number of carbonyl (C=O) groups excluding carboxylic acids is 2. The van der Waals surface area contributed by atoms with E-state index in [0.29, 0.717) is 42.7 Å². The number of rotatable bonds is 10. The zero-order valence-electron chi connectivity index (χ0n) is 16.7. The van der Waals surface area contributed by atoms with Crippen molar-refractivity contribution in [2.45, 2.75) is 33.7 Å². The van der Waals surface area contributed by atoms with Gasteiger partial charge in [-0.2, -0.15) is 0 Å². The summed E-state index contributed by atoms with van der Waals surface area (Å²) in [5.41, 5.74) is 2.22. The summed E-state index contributed by atoms with van der Waals surface area (Å²) in [7, 11) is -1.53. The summed E-state index contributed by atoms with van der Waals surface area (Å²) in [5, 5.41) is 24.4. The van der Waals surface area contributed by atoms with Gasteiger partial charge in [-0.05, 0) is 32.7 Å². The zero-order valence-corrected chi connectivity index (χ0v) is 16.7. The molecule has 0 aliphatic rings. The summed E-state index contributed by atoms with van der Waals surface area (Å²) in [6.07, 6.45) is 7.65. The van der Waals surface area contributed by atoms with Gasteiger partial charge >= 0.3 is 7.12 Å². The molecule has 0 spiro atoms. The highest BCUT2D eigenvalue weighted by Crippen LogP contribution is 2.11. The van der Waals surface area contributed by atoms with Crippen LogP contribution >= 0.6 is 0 Å². The standard InChI is InChI=1S/C20H28BN3O4/c1-5-16(18(6-2)21(27)28)14-24-12-8-17(9-13-24)20(26)23-11-7-10-22-19(25)15(3)4/h5-6,8-9,12-13,27-28H,3,7,10-11,14H2,1-2,4H3,(H-,22,23,25,26)/p+1/b16-5-,18-6+. The van der Waals surface area contributed by atoms with Gasteiger partial charge in [0.1, 0.15) is 0 Å². The van der Waals surface area contributed by atoms with E-state index >= 15 is 0 Å². The van der Waals surface area contributed by atoms with Gasteiger partial charge < -0.3 is 20.7 Å². The summed E-state index contributed by atoms with van der Waals surface area (Å²) in [6.45, 7) is 10.2. The molecule has 0 aromatic carbocycles. The van der Waals surface area contributed by atoms with E-state index in [1.54, 1.807) is 44.4 Å². The molecule has 0 saturated carbocycles. The molecule has 7 nitrogen and oxygen atoms in total. The number of carbonyl (C=O) groups is 2. The molecule has 2 amide bonds. The van der Waals surface area contributed by atoms with Crippen LogP contribution in [-0.4, -0.2) is 42.1 Å². The van der Waals surface area contributed by atoms with Crippen LogP contribution < -0.4 is 15.2 Å². The Hall–Kier alpha value is -2.71. The average Bonchev–Trinajstić information content (AvgIpc) is 2.67. The molecule has 0 radical (unpaired) electrons.